The number of amides is 1. The third-order valence-corrected chi connectivity index (χ3v) is 5.51. The minimum absolute atomic E-state index is 0.00244. The van der Waals surface area contributed by atoms with E-state index < -0.39 is 12.3 Å². The molecule has 1 aliphatic rings. The van der Waals surface area contributed by atoms with E-state index in [0.717, 1.165) is 23.8 Å². The highest BCUT2D eigenvalue weighted by atomic mass is 19.3. The number of aryl methyl sites for hydroxylation is 1. The van der Waals surface area contributed by atoms with E-state index in [0.29, 0.717) is 17.1 Å². The first-order valence-corrected chi connectivity index (χ1v) is 10.7. The van der Waals surface area contributed by atoms with E-state index >= 15 is 0 Å². The van der Waals surface area contributed by atoms with Gasteiger partial charge in [0, 0.05) is 17.7 Å². The van der Waals surface area contributed by atoms with E-state index in [4.69, 9.17) is 4.74 Å². The van der Waals surface area contributed by atoms with E-state index in [9.17, 15) is 13.6 Å². The predicted molar refractivity (Wildman–Crippen MR) is 117 cm³/mol. The number of fused-ring (bicyclic) bond motifs is 1. The van der Waals surface area contributed by atoms with Gasteiger partial charge in [-0.15, -0.1) is 0 Å². The number of hydrogen-bond donors (Lipinski definition) is 1. The number of anilines is 1. The first-order chi connectivity index (χ1) is 16.0. The molecule has 0 bridgehead atoms. The molecule has 3 heterocycles. The molecule has 10 heteroatoms. The highest BCUT2D eigenvalue weighted by molar-refractivity contribution is 6.03. The molecule has 0 unspecified atom stereocenters. The average Bonchev–Trinajstić information content (AvgIpc) is 3.42. The van der Waals surface area contributed by atoms with Crippen LogP contribution in [0.5, 0.6) is 5.75 Å². The summed E-state index contributed by atoms with van der Waals surface area (Å²) in [5.74, 6) is 0.382. The van der Waals surface area contributed by atoms with E-state index in [1.807, 2.05) is 24.3 Å². The summed E-state index contributed by atoms with van der Waals surface area (Å²) in [5.41, 5.74) is 2.24. The summed E-state index contributed by atoms with van der Waals surface area (Å²) in [4.78, 5) is 17.1. The maximum atomic E-state index is 13.5. The van der Waals surface area contributed by atoms with E-state index in [2.05, 4.69) is 27.4 Å². The Balaban J connectivity index is 1.27. The number of carbonyl (C=O) groups is 1. The molecule has 0 atom stereocenters. The van der Waals surface area contributed by atoms with Gasteiger partial charge in [-0.3, -0.25) is 4.79 Å². The minimum Gasteiger partial charge on any atom is -0.471 e. The molecule has 1 fully saturated rings. The first kappa shape index (κ1) is 21.0. The van der Waals surface area contributed by atoms with Crippen molar-refractivity contribution in [3.63, 3.8) is 0 Å². The fourth-order valence-corrected chi connectivity index (χ4v) is 3.53. The largest absolute Gasteiger partial charge is 0.471 e. The van der Waals surface area contributed by atoms with Gasteiger partial charge in [-0.1, -0.05) is 19.1 Å². The summed E-state index contributed by atoms with van der Waals surface area (Å²) in [5, 5.41) is 10.9. The third kappa shape index (κ3) is 4.55. The highest BCUT2D eigenvalue weighted by Gasteiger charge is 2.28. The molecule has 3 aromatic heterocycles. The van der Waals surface area contributed by atoms with Gasteiger partial charge in [0.2, 0.25) is 0 Å². The van der Waals surface area contributed by atoms with Gasteiger partial charge in [0.25, 0.3) is 12.3 Å². The van der Waals surface area contributed by atoms with Crippen LogP contribution in [0, 0.1) is 0 Å². The van der Waals surface area contributed by atoms with Crippen LogP contribution >= 0.6 is 0 Å². The van der Waals surface area contributed by atoms with Crippen molar-refractivity contribution in [1.29, 1.82) is 0 Å². The first-order valence-electron chi connectivity index (χ1n) is 10.7. The lowest BCUT2D eigenvalue weighted by atomic mass is 10.2. The van der Waals surface area contributed by atoms with Crippen LogP contribution < -0.4 is 10.1 Å². The molecule has 0 spiro atoms. The summed E-state index contributed by atoms with van der Waals surface area (Å²) in [6.45, 7) is 2.25. The minimum atomic E-state index is -2.72. The Morgan fingerprint density at radius 2 is 2.03 bits per heavy atom. The molecule has 1 N–H and O–H groups in total. The van der Waals surface area contributed by atoms with Crippen molar-refractivity contribution in [2.24, 2.45) is 0 Å². The van der Waals surface area contributed by atoms with Gasteiger partial charge in [-0.25, -0.2) is 23.0 Å². The van der Waals surface area contributed by atoms with Crippen LogP contribution in [0.2, 0.25) is 0 Å². The van der Waals surface area contributed by atoms with Crippen LogP contribution in [0.15, 0.2) is 48.8 Å². The molecule has 0 saturated heterocycles. The van der Waals surface area contributed by atoms with E-state index in [1.54, 1.807) is 6.20 Å². The molecule has 5 rings (SSSR count). The van der Waals surface area contributed by atoms with Crippen molar-refractivity contribution in [1.82, 2.24) is 24.4 Å². The summed E-state index contributed by atoms with van der Waals surface area (Å²) in [6, 6.07) is 10.6. The zero-order valence-corrected chi connectivity index (χ0v) is 17.9. The third-order valence-electron chi connectivity index (χ3n) is 5.51. The van der Waals surface area contributed by atoms with Gasteiger partial charge in [-0.2, -0.15) is 10.2 Å². The molecule has 0 radical (unpaired) electrons. The summed E-state index contributed by atoms with van der Waals surface area (Å²) in [6.07, 6.45) is 3.19. The number of alkyl halides is 2. The molecule has 1 amide bonds. The SMILES string of the molecule is CCc1ccc(OCn2cc(NC(=O)c3cc4nc(C5CC5)cc(C(F)F)n4n3)cn2)cc1. The second kappa shape index (κ2) is 8.61. The molecule has 4 aromatic rings. The lowest BCUT2D eigenvalue weighted by Crippen LogP contribution is -2.13. The Morgan fingerprint density at radius 3 is 2.73 bits per heavy atom. The van der Waals surface area contributed by atoms with Crippen LogP contribution in [0.4, 0.5) is 14.5 Å². The van der Waals surface area contributed by atoms with Gasteiger partial charge in [0.15, 0.2) is 18.1 Å². The molecule has 1 saturated carbocycles. The lowest BCUT2D eigenvalue weighted by molar-refractivity contribution is 0.102. The van der Waals surface area contributed by atoms with E-state index in [1.165, 1.54) is 28.6 Å². The van der Waals surface area contributed by atoms with Crippen molar-refractivity contribution in [2.45, 2.75) is 45.3 Å². The fraction of sp³-hybridized carbons (Fsp3) is 0.304. The van der Waals surface area contributed by atoms with Crippen LogP contribution in [0.3, 0.4) is 0 Å². The maximum Gasteiger partial charge on any atom is 0.280 e. The standard InChI is InChI=1S/C23H22F2N6O2/c1-2-14-3-7-17(8-4-14)33-13-30-12-16(11-26-30)27-23(32)19-10-21-28-18(15-5-6-15)9-20(22(24)25)31(21)29-19/h3-4,7-12,15,22H,2,5-6,13H2,1H3,(H,27,32). The molecule has 170 valence electrons. The van der Waals surface area contributed by atoms with Gasteiger partial charge in [0.05, 0.1) is 18.1 Å². The zero-order valence-electron chi connectivity index (χ0n) is 17.9. The van der Waals surface area contributed by atoms with Gasteiger partial charge >= 0.3 is 0 Å². The second-order valence-electron chi connectivity index (χ2n) is 7.97. The Morgan fingerprint density at radius 1 is 1.24 bits per heavy atom. The lowest BCUT2D eigenvalue weighted by Gasteiger charge is -2.06. The number of aromatic nitrogens is 5. The van der Waals surface area contributed by atoms with Crippen LogP contribution in [0.1, 0.15) is 59.5 Å². The number of rotatable bonds is 8. The number of benzene rings is 1. The molecule has 0 aliphatic heterocycles. The van der Waals surface area contributed by atoms with E-state index in [-0.39, 0.29) is 29.7 Å². The summed E-state index contributed by atoms with van der Waals surface area (Å²) in [7, 11) is 0. The van der Waals surface area contributed by atoms with Crippen molar-refractivity contribution in [3.05, 3.63) is 71.4 Å². The fourth-order valence-electron chi connectivity index (χ4n) is 3.53. The zero-order chi connectivity index (χ0) is 22.9. The Labute approximate surface area is 188 Å². The van der Waals surface area contributed by atoms with Crippen molar-refractivity contribution >= 4 is 17.2 Å². The molecule has 1 aromatic carbocycles. The van der Waals surface area contributed by atoms with Gasteiger partial charge in [0.1, 0.15) is 11.4 Å². The smallest absolute Gasteiger partial charge is 0.280 e. The normalized spacial score (nSPS) is 13.6. The second-order valence-corrected chi connectivity index (χ2v) is 7.97. The topological polar surface area (TPSA) is 86.3 Å². The number of nitrogens with zero attached hydrogens (tertiary/aromatic N) is 5. The summed E-state index contributed by atoms with van der Waals surface area (Å²) < 4.78 is 35.3. The molecular formula is C23H22F2N6O2. The molecule has 1 aliphatic carbocycles. The van der Waals surface area contributed by atoms with Crippen LogP contribution in [-0.4, -0.2) is 30.3 Å². The molecule has 33 heavy (non-hydrogen) atoms. The number of carbonyl (C=O) groups excluding carboxylic acids is 1. The monoisotopic (exact) mass is 452 g/mol. The Hall–Kier alpha value is -3.82. The average molecular weight is 452 g/mol. The maximum absolute atomic E-state index is 13.5. The van der Waals surface area contributed by atoms with Crippen molar-refractivity contribution in [3.8, 4) is 5.75 Å². The number of ether oxygens (including phenoxy) is 1. The summed E-state index contributed by atoms with van der Waals surface area (Å²) >= 11 is 0. The highest BCUT2D eigenvalue weighted by Crippen LogP contribution is 2.40. The van der Waals surface area contributed by atoms with Gasteiger partial charge < -0.3 is 10.1 Å². The predicted octanol–water partition coefficient (Wildman–Crippen LogP) is 4.59. The van der Waals surface area contributed by atoms with Crippen LogP contribution in [-0.2, 0) is 13.2 Å². The Bertz CT molecular complexity index is 1290. The molecular weight excluding hydrogens is 430 g/mol. The quantitative estimate of drug-likeness (QED) is 0.423. The Kier molecular flexibility index (Phi) is 5.49. The number of nitrogens with one attached hydrogen (secondary N) is 1. The molecule has 8 nitrogen and oxygen atoms in total. The van der Waals surface area contributed by atoms with Crippen molar-refractivity contribution in [2.75, 3.05) is 5.32 Å². The van der Waals surface area contributed by atoms with Crippen molar-refractivity contribution < 1.29 is 18.3 Å². The number of hydrogen-bond acceptors (Lipinski definition) is 5. The van der Waals surface area contributed by atoms with Gasteiger partial charge in [-0.05, 0) is 43.0 Å². The van der Waals surface area contributed by atoms with Crippen LogP contribution in [0.25, 0.3) is 5.65 Å². The number of halogens is 2.